The monoisotopic (exact) mass is 245 g/mol. The first-order valence-electron chi connectivity index (χ1n) is 6.00. The quantitative estimate of drug-likeness (QED) is 0.726. The third kappa shape index (κ3) is 3.57. The largest absolute Gasteiger partial charge is 0.444 e. The molecule has 1 aliphatic heterocycles. The van der Waals surface area contributed by atoms with Crippen molar-refractivity contribution in [3.8, 4) is 0 Å². The van der Waals surface area contributed by atoms with E-state index in [1.165, 1.54) is 4.90 Å². The van der Waals surface area contributed by atoms with Gasteiger partial charge in [-0.05, 0) is 40.5 Å². The Labute approximate surface area is 102 Å². The van der Waals surface area contributed by atoms with Crippen LogP contribution in [0.3, 0.4) is 0 Å². The van der Waals surface area contributed by atoms with Gasteiger partial charge in [-0.15, -0.1) is 0 Å². The number of piperidine rings is 1. The van der Waals surface area contributed by atoms with Crippen LogP contribution in [0.5, 0.6) is 0 Å². The Morgan fingerprint density at radius 1 is 1.53 bits per heavy atom. The van der Waals surface area contributed by atoms with Crippen LogP contribution in [0.1, 0.15) is 40.5 Å². The summed E-state index contributed by atoms with van der Waals surface area (Å²) in [5.41, 5.74) is -1.62. The predicted octanol–water partition coefficient (Wildman–Crippen LogP) is 1.13. The van der Waals surface area contributed by atoms with E-state index < -0.39 is 23.3 Å². The number of rotatable bonds is 1. The van der Waals surface area contributed by atoms with E-state index in [9.17, 15) is 15.0 Å². The Morgan fingerprint density at radius 2 is 2.12 bits per heavy atom. The molecule has 0 radical (unpaired) electrons. The minimum absolute atomic E-state index is 0.258. The van der Waals surface area contributed by atoms with Gasteiger partial charge >= 0.3 is 6.09 Å². The summed E-state index contributed by atoms with van der Waals surface area (Å²) >= 11 is 0. The van der Waals surface area contributed by atoms with Gasteiger partial charge in [0.25, 0.3) is 0 Å². The number of ether oxygens (including phenoxy) is 1. The molecule has 0 aliphatic carbocycles. The van der Waals surface area contributed by atoms with Gasteiger partial charge in [0, 0.05) is 6.54 Å². The molecule has 1 fully saturated rings. The zero-order valence-corrected chi connectivity index (χ0v) is 11.1. The summed E-state index contributed by atoms with van der Waals surface area (Å²) in [4.78, 5) is 13.4. The molecule has 0 aromatic carbocycles. The lowest BCUT2D eigenvalue weighted by Crippen LogP contribution is -2.59. The van der Waals surface area contributed by atoms with Crippen LogP contribution in [0.4, 0.5) is 4.79 Å². The van der Waals surface area contributed by atoms with Crippen LogP contribution in [0.25, 0.3) is 0 Å². The molecule has 1 saturated heterocycles. The summed E-state index contributed by atoms with van der Waals surface area (Å²) in [6.45, 7) is 7.27. The third-order valence-corrected chi connectivity index (χ3v) is 2.98. The maximum atomic E-state index is 12.0. The number of carbonyl (C=O) groups is 1. The first-order chi connectivity index (χ1) is 7.67. The first kappa shape index (κ1) is 14.3. The van der Waals surface area contributed by atoms with E-state index in [0.717, 1.165) is 0 Å². The van der Waals surface area contributed by atoms with E-state index in [2.05, 4.69) is 0 Å². The second kappa shape index (κ2) is 4.82. The summed E-state index contributed by atoms with van der Waals surface area (Å²) in [5.74, 6) is 0. The van der Waals surface area contributed by atoms with Crippen molar-refractivity contribution in [3.63, 3.8) is 0 Å². The minimum Gasteiger partial charge on any atom is -0.444 e. The van der Waals surface area contributed by atoms with E-state index in [1.54, 1.807) is 27.7 Å². The molecule has 2 N–H and O–H groups in total. The van der Waals surface area contributed by atoms with Crippen molar-refractivity contribution in [2.24, 2.45) is 0 Å². The summed E-state index contributed by atoms with van der Waals surface area (Å²) in [5, 5.41) is 19.5. The van der Waals surface area contributed by atoms with Gasteiger partial charge in [0.2, 0.25) is 0 Å². The lowest BCUT2D eigenvalue weighted by Gasteiger charge is -2.44. The number of nitrogens with zero attached hydrogens (tertiary/aromatic N) is 1. The lowest BCUT2D eigenvalue weighted by atomic mass is 9.87. The molecule has 5 heteroatoms. The molecule has 0 spiro atoms. The second-order valence-electron chi connectivity index (χ2n) is 5.83. The van der Waals surface area contributed by atoms with Gasteiger partial charge in [-0.25, -0.2) is 4.79 Å². The summed E-state index contributed by atoms with van der Waals surface area (Å²) in [7, 11) is 0. The fraction of sp³-hybridized carbons (Fsp3) is 0.917. The molecule has 0 aromatic rings. The fourth-order valence-corrected chi connectivity index (χ4v) is 2.10. The Hall–Kier alpha value is -0.810. The molecule has 0 aromatic heterocycles. The second-order valence-corrected chi connectivity index (χ2v) is 5.83. The molecule has 100 valence electrons. The zero-order chi connectivity index (χ0) is 13.3. The molecule has 1 aliphatic rings. The van der Waals surface area contributed by atoms with Crippen LogP contribution < -0.4 is 0 Å². The van der Waals surface area contributed by atoms with Crippen LogP contribution >= 0.6 is 0 Å². The first-order valence-corrected chi connectivity index (χ1v) is 6.00. The maximum Gasteiger partial charge on any atom is 0.410 e. The minimum atomic E-state index is -1.05. The number of aliphatic hydroxyl groups excluding tert-OH is 1. The van der Waals surface area contributed by atoms with Gasteiger partial charge in [0.05, 0.1) is 18.2 Å². The molecule has 1 rings (SSSR count). The normalized spacial score (nSPS) is 30.2. The van der Waals surface area contributed by atoms with E-state index >= 15 is 0 Å². The van der Waals surface area contributed by atoms with E-state index in [0.29, 0.717) is 19.4 Å². The molecular weight excluding hydrogens is 222 g/mol. The summed E-state index contributed by atoms with van der Waals surface area (Å²) in [6.07, 6.45) is 0.816. The fourth-order valence-electron chi connectivity index (χ4n) is 2.10. The van der Waals surface area contributed by atoms with Gasteiger partial charge in [-0.2, -0.15) is 0 Å². The number of aliphatic hydroxyl groups is 2. The number of likely N-dealkylation sites (tertiary alicyclic amines) is 1. The highest BCUT2D eigenvalue weighted by Crippen LogP contribution is 2.28. The Morgan fingerprint density at radius 3 is 2.59 bits per heavy atom. The van der Waals surface area contributed by atoms with Gasteiger partial charge in [0.1, 0.15) is 5.60 Å². The number of carbonyl (C=O) groups excluding carboxylic acids is 1. The summed E-state index contributed by atoms with van der Waals surface area (Å²) in [6, 6.07) is -0.592. The highest BCUT2D eigenvalue weighted by molar-refractivity contribution is 5.69. The van der Waals surface area contributed by atoms with Gasteiger partial charge in [-0.3, -0.25) is 0 Å². The highest BCUT2D eigenvalue weighted by Gasteiger charge is 2.42. The third-order valence-electron chi connectivity index (χ3n) is 2.98. The molecule has 2 atom stereocenters. The van der Waals surface area contributed by atoms with Crippen molar-refractivity contribution in [2.75, 3.05) is 13.2 Å². The topological polar surface area (TPSA) is 70.0 Å². The van der Waals surface area contributed by atoms with Crippen LogP contribution in [0.2, 0.25) is 0 Å². The molecule has 1 heterocycles. The SMILES string of the molecule is CC(C)(C)OC(=O)N1CCC[C@@](C)(O)C1CO. The smallest absolute Gasteiger partial charge is 0.410 e. The Balaban J connectivity index is 2.78. The van der Waals surface area contributed by atoms with Crippen LogP contribution in [-0.4, -0.2) is 51.6 Å². The number of amides is 1. The van der Waals surface area contributed by atoms with Crippen molar-refractivity contribution in [1.29, 1.82) is 0 Å². The van der Waals surface area contributed by atoms with E-state index in [1.807, 2.05) is 0 Å². The van der Waals surface area contributed by atoms with Crippen molar-refractivity contribution in [2.45, 2.75) is 57.8 Å². The van der Waals surface area contributed by atoms with Crippen LogP contribution in [0.15, 0.2) is 0 Å². The molecule has 0 bridgehead atoms. The summed E-state index contributed by atoms with van der Waals surface area (Å²) < 4.78 is 5.27. The standard InChI is InChI=1S/C12H23NO4/c1-11(2,3)17-10(15)13-7-5-6-12(4,16)9(13)8-14/h9,14,16H,5-8H2,1-4H3/t9?,12-/m1/s1. The van der Waals surface area contributed by atoms with Crippen LogP contribution in [-0.2, 0) is 4.74 Å². The lowest BCUT2D eigenvalue weighted by molar-refractivity contribution is -0.0877. The van der Waals surface area contributed by atoms with Crippen molar-refractivity contribution in [1.82, 2.24) is 4.90 Å². The van der Waals surface area contributed by atoms with Crippen molar-refractivity contribution in [3.05, 3.63) is 0 Å². The molecule has 0 saturated carbocycles. The molecule has 5 nitrogen and oxygen atoms in total. The average molecular weight is 245 g/mol. The number of hydrogen-bond acceptors (Lipinski definition) is 4. The Bertz CT molecular complexity index is 283. The van der Waals surface area contributed by atoms with Crippen molar-refractivity contribution >= 4 is 6.09 Å². The zero-order valence-electron chi connectivity index (χ0n) is 11.1. The molecular formula is C12H23NO4. The molecule has 1 unspecified atom stereocenters. The van der Waals surface area contributed by atoms with E-state index in [4.69, 9.17) is 4.74 Å². The molecule has 1 amide bonds. The van der Waals surface area contributed by atoms with Gasteiger partial charge in [0.15, 0.2) is 0 Å². The predicted molar refractivity (Wildman–Crippen MR) is 63.7 cm³/mol. The van der Waals surface area contributed by atoms with E-state index in [-0.39, 0.29) is 6.61 Å². The van der Waals surface area contributed by atoms with Gasteiger partial charge in [-0.1, -0.05) is 0 Å². The molecule has 17 heavy (non-hydrogen) atoms. The van der Waals surface area contributed by atoms with Crippen LogP contribution in [0, 0.1) is 0 Å². The highest BCUT2D eigenvalue weighted by atomic mass is 16.6. The van der Waals surface area contributed by atoms with Gasteiger partial charge < -0.3 is 19.8 Å². The maximum absolute atomic E-state index is 12.0. The Kier molecular flexibility index (Phi) is 4.04. The average Bonchev–Trinajstić information content (AvgIpc) is 2.13. The number of hydrogen-bond donors (Lipinski definition) is 2. The van der Waals surface area contributed by atoms with Crippen molar-refractivity contribution < 1.29 is 19.7 Å².